The fourth-order valence-corrected chi connectivity index (χ4v) is 2.19. The Bertz CT molecular complexity index is 315. The SMILES string of the molecule is COCCCS(=O)c1ccccc1F. The Labute approximate surface area is 85.5 Å². The summed E-state index contributed by atoms with van der Waals surface area (Å²) in [5.41, 5.74) is 0. The smallest absolute Gasteiger partial charge is 0.139 e. The molecule has 0 saturated heterocycles. The monoisotopic (exact) mass is 216 g/mol. The van der Waals surface area contributed by atoms with Crippen molar-refractivity contribution in [2.45, 2.75) is 11.3 Å². The molecule has 0 saturated carbocycles. The normalized spacial score (nSPS) is 12.7. The zero-order chi connectivity index (χ0) is 10.4. The molecular weight excluding hydrogens is 203 g/mol. The second-order valence-corrected chi connectivity index (χ2v) is 4.37. The van der Waals surface area contributed by atoms with Crippen LogP contribution in [-0.2, 0) is 15.5 Å². The second-order valence-electron chi connectivity index (χ2n) is 2.83. The third-order valence-electron chi connectivity index (χ3n) is 1.76. The molecule has 14 heavy (non-hydrogen) atoms. The van der Waals surface area contributed by atoms with E-state index >= 15 is 0 Å². The molecule has 78 valence electrons. The van der Waals surface area contributed by atoms with Crippen LogP contribution in [0.4, 0.5) is 4.39 Å². The van der Waals surface area contributed by atoms with E-state index < -0.39 is 16.6 Å². The first kappa shape index (κ1) is 11.3. The van der Waals surface area contributed by atoms with Crippen molar-refractivity contribution in [2.75, 3.05) is 19.5 Å². The van der Waals surface area contributed by atoms with Crippen molar-refractivity contribution in [3.8, 4) is 0 Å². The Morgan fingerprint density at radius 1 is 1.43 bits per heavy atom. The number of halogens is 1. The lowest BCUT2D eigenvalue weighted by Crippen LogP contribution is -2.03. The summed E-state index contributed by atoms with van der Waals surface area (Å²) in [5.74, 6) is 0.0395. The average Bonchev–Trinajstić information content (AvgIpc) is 2.18. The Balaban J connectivity index is 2.56. The van der Waals surface area contributed by atoms with E-state index in [4.69, 9.17) is 4.74 Å². The highest BCUT2D eigenvalue weighted by atomic mass is 32.2. The van der Waals surface area contributed by atoms with Crippen molar-refractivity contribution < 1.29 is 13.3 Å². The average molecular weight is 216 g/mol. The standard InChI is InChI=1S/C10H13FO2S/c1-13-7-4-8-14(12)10-6-3-2-5-9(10)11/h2-3,5-6H,4,7-8H2,1H3. The summed E-state index contributed by atoms with van der Waals surface area (Å²) in [6, 6.07) is 6.15. The van der Waals surface area contributed by atoms with Crippen LogP contribution in [0.25, 0.3) is 0 Å². The number of ether oxygens (including phenoxy) is 1. The van der Waals surface area contributed by atoms with Crippen molar-refractivity contribution in [2.24, 2.45) is 0 Å². The van der Waals surface area contributed by atoms with E-state index in [-0.39, 0.29) is 4.90 Å². The van der Waals surface area contributed by atoms with Crippen molar-refractivity contribution in [3.63, 3.8) is 0 Å². The molecule has 0 aromatic heterocycles. The molecule has 1 aromatic carbocycles. The van der Waals surface area contributed by atoms with Crippen LogP contribution >= 0.6 is 0 Å². The molecule has 0 aliphatic heterocycles. The van der Waals surface area contributed by atoms with Crippen LogP contribution in [0.3, 0.4) is 0 Å². The maximum absolute atomic E-state index is 13.1. The van der Waals surface area contributed by atoms with Crippen LogP contribution in [0.5, 0.6) is 0 Å². The van der Waals surface area contributed by atoms with Gasteiger partial charge in [-0.1, -0.05) is 12.1 Å². The molecule has 0 amide bonds. The molecule has 1 atom stereocenters. The van der Waals surface area contributed by atoms with E-state index in [0.29, 0.717) is 18.8 Å². The minimum Gasteiger partial charge on any atom is -0.385 e. The van der Waals surface area contributed by atoms with Gasteiger partial charge in [-0.25, -0.2) is 4.39 Å². The van der Waals surface area contributed by atoms with Crippen LogP contribution in [0.15, 0.2) is 29.2 Å². The molecule has 0 aliphatic carbocycles. The van der Waals surface area contributed by atoms with Crippen LogP contribution in [0, 0.1) is 5.82 Å². The topological polar surface area (TPSA) is 26.3 Å². The molecule has 1 rings (SSSR count). The maximum Gasteiger partial charge on any atom is 0.139 e. The summed E-state index contributed by atoms with van der Waals surface area (Å²) in [6.07, 6.45) is 0.678. The predicted octanol–water partition coefficient (Wildman–Crippen LogP) is 1.97. The summed E-state index contributed by atoms with van der Waals surface area (Å²) in [5, 5.41) is 0. The van der Waals surface area contributed by atoms with E-state index in [2.05, 4.69) is 0 Å². The van der Waals surface area contributed by atoms with E-state index in [0.717, 1.165) is 0 Å². The second kappa shape index (κ2) is 5.88. The van der Waals surface area contributed by atoms with E-state index in [9.17, 15) is 8.60 Å². The minimum absolute atomic E-state index is 0.281. The molecule has 1 aromatic rings. The van der Waals surface area contributed by atoms with Crippen LogP contribution in [0.1, 0.15) is 6.42 Å². The van der Waals surface area contributed by atoms with Gasteiger partial charge in [0.05, 0.1) is 15.7 Å². The molecule has 0 aliphatic rings. The molecule has 4 heteroatoms. The van der Waals surface area contributed by atoms with Crippen molar-refractivity contribution in [1.29, 1.82) is 0 Å². The molecule has 0 N–H and O–H groups in total. The fourth-order valence-electron chi connectivity index (χ4n) is 1.07. The first-order valence-corrected chi connectivity index (χ1v) is 5.69. The number of hydrogen-bond donors (Lipinski definition) is 0. The van der Waals surface area contributed by atoms with Crippen molar-refractivity contribution in [1.82, 2.24) is 0 Å². The summed E-state index contributed by atoms with van der Waals surface area (Å²) in [4.78, 5) is 0.281. The molecule has 0 fully saturated rings. The molecule has 2 nitrogen and oxygen atoms in total. The van der Waals surface area contributed by atoms with Crippen LogP contribution < -0.4 is 0 Å². The maximum atomic E-state index is 13.1. The highest BCUT2D eigenvalue weighted by Crippen LogP contribution is 2.12. The van der Waals surface area contributed by atoms with E-state index in [1.807, 2.05) is 0 Å². The zero-order valence-electron chi connectivity index (χ0n) is 8.03. The van der Waals surface area contributed by atoms with E-state index in [1.165, 1.54) is 6.07 Å². The Hall–Kier alpha value is -0.740. The van der Waals surface area contributed by atoms with Gasteiger partial charge in [-0.3, -0.25) is 4.21 Å². The lowest BCUT2D eigenvalue weighted by molar-refractivity contribution is 0.200. The molecular formula is C10H13FO2S. The largest absolute Gasteiger partial charge is 0.385 e. The van der Waals surface area contributed by atoms with Gasteiger partial charge < -0.3 is 4.74 Å². The Morgan fingerprint density at radius 2 is 2.14 bits per heavy atom. The highest BCUT2D eigenvalue weighted by Gasteiger charge is 2.08. The first-order chi connectivity index (χ1) is 6.75. The van der Waals surface area contributed by atoms with Crippen LogP contribution in [0.2, 0.25) is 0 Å². The number of benzene rings is 1. The summed E-state index contributed by atoms with van der Waals surface area (Å²) >= 11 is 0. The quantitative estimate of drug-likeness (QED) is 0.703. The van der Waals surface area contributed by atoms with Gasteiger partial charge in [0.15, 0.2) is 0 Å². The molecule has 1 unspecified atom stereocenters. The number of hydrogen-bond acceptors (Lipinski definition) is 2. The Kier molecular flexibility index (Phi) is 4.76. The van der Waals surface area contributed by atoms with Gasteiger partial charge in [-0.2, -0.15) is 0 Å². The lowest BCUT2D eigenvalue weighted by atomic mass is 10.3. The van der Waals surface area contributed by atoms with Gasteiger partial charge in [-0.15, -0.1) is 0 Å². The molecule has 0 heterocycles. The fraction of sp³-hybridized carbons (Fsp3) is 0.400. The predicted molar refractivity (Wildman–Crippen MR) is 54.2 cm³/mol. The summed E-state index contributed by atoms with van der Waals surface area (Å²) in [7, 11) is 0.338. The Morgan fingerprint density at radius 3 is 2.79 bits per heavy atom. The lowest BCUT2D eigenvalue weighted by Gasteiger charge is -2.02. The number of rotatable bonds is 5. The molecule has 0 spiro atoms. The van der Waals surface area contributed by atoms with Gasteiger partial charge in [0, 0.05) is 19.5 Å². The van der Waals surface area contributed by atoms with Gasteiger partial charge in [0.2, 0.25) is 0 Å². The van der Waals surface area contributed by atoms with E-state index in [1.54, 1.807) is 25.3 Å². The van der Waals surface area contributed by atoms with Gasteiger partial charge >= 0.3 is 0 Å². The minimum atomic E-state index is -1.25. The number of methoxy groups -OCH3 is 1. The molecule has 0 bridgehead atoms. The molecule has 0 radical (unpaired) electrons. The third-order valence-corrected chi connectivity index (χ3v) is 3.24. The van der Waals surface area contributed by atoms with Crippen LogP contribution in [-0.4, -0.2) is 23.7 Å². The third kappa shape index (κ3) is 3.20. The van der Waals surface area contributed by atoms with Gasteiger partial charge in [-0.05, 0) is 18.6 Å². The summed E-state index contributed by atoms with van der Waals surface area (Å²) in [6.45, 7) is 0.556. The van der Waals surface area contributed by atoms with Gasteiger partial charge in [0.25, 0.3) is 0 Å². The van der Waals surface area contributed by atoms with Crippen molar-refractivity contribution >= 4 is 10.8 Å². The van der Waals surface area contributed by atoms with Crippen molar-refractivity contribution in [3.05, 3.63) is 30.1 Å². The first-order valence-electron chi connectivity index (χ1n) is 4.37. The van der Waals surface area contributed by atoms with Gasteiger partial charge in [0.1, 0.15) is 5.82 Å². The summed E-state index contributed by atoms with van der Waals surface area (Å²) < 4.78 is 29.5. The zero-order valence-corrected chi connectivity index (χ0v) is 8.85. The highest BCUT2D eigenvalue weighted by molar-refractivity contribution is 7.85.